The number of ether oxygens (including phenoxy) is 1. The molecule has 5 heteroatoms. The van der Waals surface area contributed by atoms with E-state index in [2.05, 4.69) is 0 Å². The van der Waals surface area contributed by atoms with Gasteiger partial charge in [-0.3, -0.25) is 0 Å². The highest BCUT2D eigenvalue weighted by Gasteiger charge is 2.23. The second-order valence-electron chi connectivity index (χ2n) is 3.95. The number of hydrogen-bond acceptors (Lipinski definition) is 3. The van der Waals surface area contributed by atoms with E-state index in [1.807, 2.05) is 0 Å². The zero-order chi connectivity index (χ0) is 13.5. The number of nitrogens with one attached hydrogen (secondary N) is 1. The molecular weight excluding hydrogens is 257 g/mol. The van der Waals surface area contributed by atoms with Crippen LogP contribution in [-0.4, -0.2) is 30.3 Å². The molecule has 0 saturated carbocycles. The van der Waals surface area contributed by atoms with Gasteiger partial charge in [-0.15, -0.1) is 11.6 Å². The molecule has 1 aromatic rings. The summed E-state index contributed by atoms with van der Waals surface area (Å²) >= 11 is 5.92. The van der Waals surface area contributed by atoms with Gasteiger partial charge in [0.05, 0.1) is 10.9 Å². The van der Waals surface area contributed by atoms with Gasteiger partial charge in [-0.25, -0.2) is 9.18 Å². The highest BCUT2D eigenvalue weighted by molar-refractivity contribution is 6.21. The summed E-state index contributed by atoms with van der Waals surface area (Å²) in [7, 11) is 0. The van der Waals surface area contributed by atoms with Crippen LogP contribution in [0, 0.1) is 11.3 Å². The maximum atomic E-state index is 13.2. The van der Waals surface area contributed by atoms with Gasteiger partial charge in [-0.2, -0.15) is 0 Å². The van der Waals surface area contributed by atoms with E-state index in [1.165, 1.54) is 0 Å². The van der Waals surface area contributed by atoms with Crippen molar-refractivity contribution in [1.82, 2.24) is 0 Å². The molecule has 1 aromatic carbocycles. The molecule has 0 aliphatic carbocycles. The molecule has 3 atom stereocenters. The third-order valence-electron chi connectivity index (χ3n) is 2.62. The third kappa shape index (κ3) is 4.11. The first-order valence-corrected chi connectivity index (χ1v) is 6.00. The van der Waals surface area contributed by atoms with Gasteiger partial charge >= 0.3 is 5.97 Å². The number of esters is 1. The fourth-order valence-electron chi connectivity index (χ4n) is 1.32. The highest BCUT2D eigenvalue weighted by atomic mass is 35.5. The lowest BCUT2D eigenvalue weighted by atomic mass is 10.0. The summed E-state index contributed by atoms with van der Waals surface area (Å²) in [6, 6.07) is 8.50. The first kappa shape index (κ1) is 14.6. The molecule has 98 valence electrons. The highest BCUT2D eigenvalue weighted by Crippen LogP contribution is 2.17. The molecule has 0 heterocycles. The Labute approximate surface area is 110 Å². The van der Waals surface area contributed by atoms with Crippen LogP contribution < -0.4 is 0 Å². The van der Waals surface area contributed by atoms with Gasteiger partial charge in [0.15, 0.2) is 0 Å². The average Bonchev–Trinajstić information content (AvgIpc) is 2.43. The Balaban J connectivity index is 2.46. The minimum absolute atomic E-state index is 0.0787. The fourth-order valence-corrected chi connectivity index (χ4v) is 1.52. The summed E-state index contributed by atoms with van der Waals surface area (Å²) in [5, 5.41) is 6.16. The number of hydrogen-bond donors (Lipinski definition) is 1. The van der Waals surface area contributed by atoms with Crippen LogP contribution in [0.2, 0.25) is 0 Å². The van der Waals surface area contributed by atoms with Crippen molar-refractivity contribution in [3.8, 4) is 0 Å². The number of alkyl halides is 2. The number of rotatable bonds is 6. The van der Waals surface area contributed by atoms with Gasteiger partial charge in [0.1, 0.15) is 12.8 Å². The molecule has 0 bridgehead atoms. The number of halogens is 2. The Morgan fingerprint density at radius 2 is 2.11 bits per heavy atom. The van der Waals surface area contributed by atoms with Crippen molar-refractivity contribution in [3.05, 3.63) is 35.9 Å². The topological polar surface area (TPSA) is 50.1 Å². The molecule has 0 amide bonds. The van der Waals surface area contributed by atoms with E-state index < -0.39 is 23.4 Å². The van der Waals surface area contributed by atoms with Crippen molar-refractivity contribution < 1.29 is 13.9 Å². The zero-order valence-electron chi connectivity index (χ0n) is 9.98. The summed E-state index contributed by atoms with van der Waals surface area (Å²) in [4.78, 5) is 11.6. The number of carbonyl (C=O) groups is 1. The van der Waals surface area contributed by atoms with E-state index in [1.54, 1.807) is 37.3 Å². The van der Waals surface area contributed by atoms with Crippen LogP contribution in [0.3, 0.4) is 0 Å². The standard InChI is InChI=1S/C13H15ClFNO2/c1-9(12(15)7-16)11(14)8-18-13(17)10-5-3-2-4-6-10/h2-7,9,11-12,16H,8H2,1H3/t9-,11-,12+/m0/s1. The molecule has 0 radical (unpaired) electrons. The maximum Gasteiger partial charge on any atom is 0.338 e. The van der Waals surface area contributed by atoms with E-state index in [4.69, 9.17) is 21.7 Å². The lowest BCUT2D eigenvalue weighted by Crippen LogP contribution is -2.28. The molecule has 0 aliphatic heterocycles. The van der Waals surface area contributed by atoms with Crippen LogP contribution in [0.25, 0.3) is 0 Å². The van der Waals surface area contributed by atoms with Gasteiger partial charge in [0, 0.05) is 12.1 Å². The van der Waals surface area contributed by atoms with E-state index >= 15 is 0 Å². The minimum Gasteiger partial charge on any atom is -0.461 e. The van der Waals surface area contributed by atoms with Gasteiger partial charge in [0.25, 0.3) is 0 Å². The summed E-state index contributed by atoms with van der Waals surface area (Å²) in [5.41, 5.74) is 0.429. The van der Waals surface area contributed by atoms with Gasteiger partial charge < -0.3 is 10.1 Å². The summed E-state index contributed by atoms with van der Waals surface area (Å²) in [5.74, 6) is -1.06. The molecule has 1 rings (SSSR count). The normalized spacial score (nSPS) is 15.5. The fraction of sp³-hybridized carbons (Fsp3) is 0.385. The van der Waals surface area contributed by atoms with Crippen molar-refractivity contribution >= 4 is 23.8 Å². The Morgan fingerprint density at radius 1 is 1.50 bits per heavy atom. The van der Waals surface area contributed by atoms with Gasteiger partial charge in [-0.1, -0.05) is 25.1 Å². The number of benzene rings is 1. The maximum absolute atomic E-state index is 13.2. The molecule has 0 spiro atoms. The van der Waals surface area contributed by atoms with Crippen molar-refractivity contribution in [3.63, 3.8) is 0 Å². The van der Waals surface area contributed by atoms with E-state index in [9.17, 15) is 9.18 Å². The quantitative estimate of drug-likeness (QED) is 0.491. The van der Waals surface area contributed by atoms with Gasteiger partial charge in [0.2, 0.25) is 0 Å². The second-order valence-corrected chi connectivity index (χ2v) is 4.51. The van der Waals surface area contributed by atoms with Crippen molar-refractivity contribution in [2.45, 2.75) is 18.5 Å². The van der Waals surface area contributed by atoms with Crippen molar-refractivity contribution in [2.24, 2.45) is 5.92 Å². The summed E-state index contributed by atoms with van der Waals surface area (Å²) < 4.78 is 18.1. The van der Waals surface area contributed by atoms with Crippen LogP contribution >= 0.6 is 11.6 Å². The van der Waals surface area contributed by atoms with Crippen LogP contribution in [0.15, 0.2) is 30.3 Å². The first-order valence-electron chi connectivity index (χ1n) is 5.57. The predicted molar refractivity (Wildman–Crippen MR) is 69.2 cm³/mol. The Kier molecular flexibility index (Phi) is 5.78. The summed E-state index contributed by atoms with van der Waals surface area (Å²) in [6.45, 7) is 1.49. The smallest absolute Gasteiger partial charge is 0.338 e. The van der Waals surface area contributed by atoms with Crippen LogP contribution in [0.1, 0.15) is 17.3 Å². The Bertz CT molecular complexity index is 399. The van der Waals surface area contributed by atoms with Crippen LogP contribution in [0.5, 0.6) is 0 Å². The predicted octanol–water partition coefficient (Wildman–Crippen LogP) is 3.07. The Morgan fingerprint density at radius 3 is 2.67 bits per heavy atom. The summed E-state index contributed by atoms with van der Waals surface area (Å²) in [6.07, 6.45) is -0.734. The second kappa shape index (κ2) is 7.11. The molecule has 0 aliphatic rings. The Hall–Kier alpha value is -1.42. The lowest BCUT2D eigenvalue weighted by molar-refractivity contribution is 0.0481. The van der Waals surface area contributed by atoms with E-state index in [0.29, 0.717) is 11.8 Å². The van der Waals surface area contributed by atoms with Crippen LogP contribution in [0.4, 0.5) is 4.39 Å². The minimum atomic E-state index is -1.43. The van der Waals surface area contributed by atoms with Gasteiger partial charge in [-0.05, 0) is 12.1 Å². The first-order chi connectivity index (χ1) is 8.56. The molecule has 1 N–H and O–H groups in total. The molecule has 0 saturated heterocycles. The molecule has 0 unspecified atom stereocenters. The average molecular weight is 272 g/mol. The van der Waals surface area contributed by atoms with E-state index in [0.717, 1.165) is 0 Å². The number of carbonyl (C=O) groups excluding carboxylic acids is 1. The van der Waals surface area contributed by atoms with E-state index in [-0.39, 0.29) is 6.61 Å². The van der Waals surface area contributed by atoms with Crippen molar-refractivity contribution in [1.29, 1.82) is 5.41 Å². The molecule has 0 fully saturated rings. The monoisotopic (exact) mass is 271 g/mol. The molecule has 0 aromatic heterocycles. The SMILES string of the molecule is C[C@H]([C@H](F)C=N)[C@@H](Cl)COC(=O)c1ccccc1. The van der Waals surface area contributed by atoms with Crippen LogP contribution in [-0.2, 0) is 4.74 Å². The molecular formula is C13H15ClFNO2. The zero-order valence-corrected chi connectivity index (χ0v) is 10.7. The molecule has 3 nitrogen and oxygen atoms in total. The lowest BCUT2D eigenvalue weighted by Gasteiger charge is -2.18. The molecule has 18 heavy (non-hydrogen) atoms. The largest absolute Gasteiger partial charge is 0.461 e. The van der Waals surface area contributed by atoms with Crippen molar-refractivity contribution in [2.75, 3.05) is 6.61 Å². The third-order valence-corrected chi connectivity index (χ3v) is 3.14.